The van der Waals surface area contributed by atoms with Gasteiger partial charge in [0.15, 0.2) is 5.78 Å². The molecule has 110 valence electrons. The Morgan fingerprint density at radius 3 is 2.67 bits per heavy atom. The largest absolute Gasteiger partial charge is 0.341 e. The first kappa shape index (κ1) is 15.7. The number of Topliss-reactive ketones (excluding diaryl/α,β-unsaturated/α-hetero) is 1. The summed E-state index contributed by atoms with van der Waals surface area (Å²) in [5, 5.41) is 2.52. The number of carbonyl (C=O) groups is 2. The molecule has 21 heavy (non-hydrogen) atoms. The van der Waals surface area contributed by atoms with Crippen molar-refractivity contribution in [1.82, 2.24) is 4.90 Å². The van der Waals surface area contributed by atoms with Gasteiger partial charge < -0.3 is 4.90 Å². The fourth-order valence-corrected chi connectivity index (χ4v) is 2.88. The average Bonchev–Trinajstić information content (AvgIpc) is 2.98. The van der Waals surface area contributed by atoms with Gasteiger partial charge in [-0.05, 0) is 29.1 Å². The molecular formula is C16H16ClNO2S. The van der Waals surface area contributed by atoms with Crippen LogP contribution in [-0.4, -0.2) is 23.6 Å². The summed E-state index contributed by atoms with van der Waals surface area (Å²) in [6.45, 7) is 0.493. The van der Waals surface area contributed by atoms with E-state index in [1.165, 1.54) is 11.3 Å². The molecule has 1 amide bonds. The number of halogens is 1. The van der Waals surface area contributed by atoms with E-state index in [0.29, 0.717) is 16.4 Å². The van der Waals surface area contributed by atoms with Crippen LogP contribution in [-0.2, 0) is 11.3 Å². The summed E-state index contributed by atoms with van der Waals surface area (Å²) in [6.07, 6.45) is 0.479. The van der Waals surface area contributed by atoms with Gasteiger partial charge in [0.2, 0.25) is 5.91 Å². The molecule has 0 saturated heterocycles. The lowest BCUT2D eigenvalue weighted by molar-refractivity contribution is -0.130. The number of nitrogens with zero attached hydrogens (tertiary/aromatic N) is 1. The molecule has 0 bridgehead atoms. The van der Waals surface area contributed by atoms with Crippen LogP contribution in [0.1, 0.15) is 28.1 Å². The summed E-state index contributed by atoms with van der Waals surface area (Å²) >= 11 is 7.33. The van der Waals surface area contributed by atoms with Gasteiger partial charge in [0, 0.05) is 31.5 Å². The van der Waals surface area contributed by atoms with E-state index in [-0.39, 0.29) is 24.5 Å². The van der Waals surface area contributed by atoms with Gasteiger partial charge in [0.1, 0.15) is 0 Å². The van der Waals surface area contributed by atoms with E-state index in [9.17, 15) is 9.59 Å². The van der Waals surface area contributed by atoms with Crippen molar-refractivity contribution in [3.05, 3.63) is 57.2 Å². The Morgan fingerprint density at radius 1 is 1.19 bits per heavy atom. The number of thiophene rings is 1. The van der Waals surface area contributed by atoms with E-state index in [2.05, 4.69) is 0 Å². The second-order valence-electron chi connectivity index (χ2n) is 4.78. The zero-order chi connectivity index (χ0) is 15.2. The van der Waals surface area contributed by atoms with Crippen molar-refractivity contribution in [2.24, 2.45) is 0 Å². The lowest BCUT2D eigenvalue weighted by Gasteiger charge is -2.17. The summed E-state index contributed by atoms with van der Waals surface area (Å²) in [6, 6.07) is 11.0. The molecule has 1 aromatic heterocycles. The van der Waals surface area contributed by atoms with Crippen LogP contribution in [0.3, 0.4) is 0 Å². The zero-order valence-corrected chi connectivity index (χ0v) is 13.3. The molecule has 0 aliphatic carbocycles. The first-order chi connectivity index (χ1) is 10.1. The predicted octanol–water partition coefficient (Wildman–Crippen LogP) is 4.02. The van der Waals surface area contributed by atoms with Crippen LogP contribution in [0, 0.1) is 0 Å². The van der Waals surface area contributed by atoms with Gasteiger partial charge in [-0.25, -0.2) is 0 Å². The molecule has 0 atom stereocenters. The number of hydrogen-bond donors (Lipinski definition) is 0. The van der Waals surface area contributed by atoms with Gasteiger partial charge in [0.05, 0.1) is 4.88 Å². The van der Waals surface area contributed by atoms with Gasteiger partial charge in [-0.1, -0.05) is 29.8 Å². The molecule has 0 aliphatic rings. The van der Waals surface area contributed by atoms with Gasteiger partial charge in [0.25, 0.3) is 0 Å². The lowest BCUT2D eigenvalue weighted by Crippen LogP contribution is -2.26. The topological polar surface area (TPSA) is 37.4 Å². The molecule has 5 heteroatoms. The van der Waals surface area contributed by atoms with Crippen molar-refractivity contribution in [3.63, 3.8) is 0 Å². The van der Waals surface area contributed by atoms with E-state index in [1.807, 2.05) is 29.6 Å². The first-order valence-electron chi connectivity index (χ1n) is 6.61. The minimum absolute atomic E-state index is 0.0227. The number of rotatable bonds is 6. The van der Waals surface area contributed by atoms with Crippen molar-refractivity contribution < 1.29 is 9.59 Å². The molecule has 0 spiro atoms. The highest BCUT2D eigenvalue weighted by Crippen LogP contribution is 2.15. The minimum atomic E-state index is -0.0418. The Bertz CT molecular complexity index is 625. The number of amides is 1. The summed E-state index contributed by atoms with van der Waals surface area (Å²) in [5.41, 5.74) is 0.975. The normalized spacial score (nSPS) is 10.4. The molecule has 0 unspecified atom stereocenters. The highest BCUT2D eigenvalue weighted by Gasteiger charge is 2.13. The van der Waals surface area contributed by atoms with Crippen LogP contribution in [0.5, 0.6) is 0 Å². The van der Waals surface area contributed by atoms with E-state index in [4.69, 9.17) is 11.6 Å². The van der Waals surface area contributed by atoms with Gasteiger partial charge in [-0.15, -0.1) is 11.3 Å². The fraction of sp³-hybridized carbons (Fsp3) is 0.250. The molecule has 0 fully saturated rings. The maximum Gasteiger partial charge on any atom is 0.223 e. The molecule has 2 rings (SSSR count). The van der Waals surface area contributed by atoms with E-state index < -0.39 is 0 Å². The van der Waals surface area contributed by atoms with Gasteiger partial charge in [-0.2, -0.15) is 0 Å². The van der Waals surface area contributed by atoms with E-state index in [1.54, 1.807) is 24.1 Å². The zero-order valence-electron chi connectivity index (χ0n) is 11.7. The van der Waals surface area contributed by atoms with E-state index in [0.717, 1.165) is 5.56 Å². The third kappa shape index (κ3) is 4.69. The molecule has 1 aromatic carbocycles. The second kappa shape index (κ2) is 7.38. The minimum Gasteiger partial charge on any atom is -0.341 e. The molecule has 3 nitrogen and oxygen atoms in total. The molecule has 0 saturated carbocycles. The lowest BCUT2D eigenvalue weighted by atomic mass is 10.1. The van der Waals surface area contributed by atoms with Crippen LogP contribution in [0.15, 0.2) is 41.8 Å². The predicted molar refractivity (Wildman–Crippen MR) is 85.8 cm³/mol. The Balaban J connectivity index is 1.84. The number of benzene rings is 1. The molecule has 1 heterocycles. The van der Waals surface area contributed by atoms with Crippen molar-refractivity contribution in [3.8, 4) is 0 Å². The van der Waals surface area contributed by atoms with Crippen LogP contribution in [0.25, 0.3) is 0 Å². The number of ketones is 1. The van der Waals surface area contributed by atoms with Crippen LogP contribution in [0.2, 0.25) is 5.02 Å². The molecular weight excluding hydrogens is 306 g/mol. The summed E-state index contributed by atoms with van der Waals surface area (Å²) in [5.74, 6) is -0.0191. The van der Waals surface area contributed by atoms with Crippen LogP contribution >= 0.6 is 22.9 Å². The Labute approximate surface area is 133 Å². The quantitative estimate of drug-likeness (QED) is 0.753. The maximum atomic E-state index is 12.1. The van der Waals surface area contributed by atoms with Crippen molar-refractivity contribution in [2.45, 2.75) is 19.4 Å². The monoisotopic (exact) mass is 321 g/mol. The fourth-order valence-electron chi connectivity index (χ4n) is 1.97. The van der Waals surface area contributed by atoms with Crippen molar-refractivity contribution in [1.29, 1.82) is 0 Å². The van der Waals surface area contributed by atoms with Crippen LogP contribution < -0.4 is 0 Å². The van der Waals surface area contributed by atoms with E-state index >= 15 is 0 Å². The smallest absolute Gasteiger partial charge is 0.223 e. The average molecular weight is 322 g/mol. The molecule has 0 N–H and O–H groups in total. The Kier molecular flexibility index (Phi) is 5.53. The summed E-state index contributed by atoms with van der Waals surface area (Å²) in [7, 11) is 1.73. The third-order valence-electron chi connectivity index (χ3n) is 3.10. The molecule has 0 radical (unpaired) electrons. The number of hydrogen-bond acceptors (Lipinski definition) is 3. The summed E-state index contributed by atoms with van der Waals surface area (Å²) in [4.78, 5) is 26.2. The Hall–Kier alpha value is -1.65. The number of carbonyl (C=O) groups excluding carboxylic acids is 2. The molecule has 0 aliphatic heterocycles. The summed E-state index contributed by atoms with van der Waals surface area (Å²) < 4.78 is 0. The highest BCUT2D eigenvalue weighted by atomic mass is 35.5. The van der Waals surface area contributed by atoms with Gasteiger partial charge >= 0.3 is 0 Å². The Morgan fingerprint density at radius 2 is 2.00 bits per heavy atom. The maximum absolute atomic E-state index is 12.1. The SMILES string of the molecule is CN(Cc1cccc(Cl)c1)C(=O)CCC(=O)c1cccs1. The van der Waals surface area contributed by atoms with Crippen LogP contribution in [0.4, 0.5) is 0 Å². The first-order valence-corrected chi connectivity index (χ1v) is 7.87. The third-order valence-corrected chi connectivity index (χ3v) is 4.24. The van der Waals surface area contributed by atoms with Gasteiger partial charge in [-0.3, -0.25) is 9.59 Å². The molecule has 2 aromatic rings. The van der Waals surface area contributed by atoms with Crippen molar-refractivity contribution in [2.75, 3.05) is 7.05 Å². The standard InChI is InChI=1S/C16H16ClNO2S/c1-18(11-12-4-2-5-13(17)10-12)16(20)8-7-14(19)15-6-3-9-21-15/h2-6,9-10H,7-8,11H2,1H3. The highest BCUT2D eigenvalue weighted by molar-refractivity contribution is 7.12. The second-order valence-corrected chi connectivity index (χ2v) is 6.16. The van der Waals surface area contributed by atoms with Crippen molar-refractivity contribution >= 4 is 34.6 Å².